The maximum Gasteiger partial charge on any atom is 0.414 e. The Labute approximate surface area is 165 Å². The molecule has 0 aromatic heterocycles. The largest absolute Gasteiger partial charge is 0.414 e. The highest BCUT2D eigenvalue weighted by Crippen LogP contribution is 2.28. The minimum Gasteiger partial charge on any atom is -0.410 e. The standard InChI is InChI=1S/C20H25ClN2O2S/c1-22(2)19(13-14-26-18-11-7-16(21)8-12-18)15-5-9-17(10-6-15)25-20(24)23(3)4/h5-12,19H,13-14H2,1-4H3. The summed E-state index contributed by atoms with van der Waals surface area (Å²) >= 11 is 7.75. The van der Waals surface area contributed by atoms with Crippen molar-refractivity contribution in [3.63, 3.8) is 0 Å². The SMILES string of the molecule is CN(C)C(=O)Oc1ccc(C(CCSc2ccc(Cl)cc2)N(C)C)cc1. The average molecular weight is 393 g/mol. The van der Waals surface area contributed by atoms with E-state index in [-0.39, 0.29) is 6.09 Å². The Morgan fingerprint density at radius 2 is 1.65 bits per heavy atom. The first-order valence-electron chi connectivity index (χ1n) is 8.40. The van der Waals surface area contributed by atoms with Crippen molar-refractivity contribution in [2.45, 2.75) is 17.4 Å². The van der Waals surface area contributed by atoms with Gasteiger partial charge in [0.05, 0.1) is 0 Å². The topological polar surface area (TPSA) is 32.8 Å². The molecule has 1 unspecified atom stereocenters. The van der Waals surface area contributed by atoms with E-state index < -0.39 is 0 Å². The van der Waals surface area contributed by atoms with Crippen molar-refractivity contribution in [2.24, 2.45) is 0 Å². The molecular formula is C20H25ClN2O2S. The number of nitrogens with zero attached hydrogens (tertiary/aromatic N) is 2. The molecule has 2 aromatic carbocycles. The molecule has 2 rings (SSSR count). The Morgan fingerprint density at radius 1 is 1.04 bits per heavy atom. The summed E-state index contributed by atoms with van der Waals surface area (Å²) < 4.78 is 5.28. The smallest absolute Gasteiger partial charge is 0.410 e. The average Bonchev–Trinajstić information content (AvgIpc) is 2.61. The van der Waals surface area contributed by atoms with Gasteiger partial charge in [-0.3, -0.25) is 0 Å². The second-order valence-corrected chi connectivity index (χ2v) is 8.01. The predicted molar refractivity (Wildman–Crippen MR) is 109 cm³/mol. The van der Waals surface area contributed by atoms with E-state index in [0.29, 0.717) is 11.8 Å². The molecule has 6 heteroatoms. The number of carbonyl (C=O) groups excluding carboxylic acids is 1. The van der Waals surface area contributed by atoms with Crippen molar-refractivity contribution in [3.05, 3.63) is 59.1 Å². The van der Waals surface area contributed by atoms with E-state index in [2.05, 4.69) is 19.0 Å². The van der Waals surface area contributed by atoms with Gasteiger partial charge >= 0.3 is 6.09 Å². The quantitative estimate of drug-likeness (QED) is 0.607. The normalized spacial score (nSPS) is 12.1. The molecule has 0 saturated carbocycles. The van der Waals surface area contributed by atoms with Gasteiger partial charge in [0.2, 0.25) is 0 Å². The highest BCUT2D eigenvalue weighted by atomic mass is 35.5. The van der Waals surface area contributed by atoms with Crippen molar-refractivity contribution in [1.82, 2.24) is 9.80 Å². The van der Waals surface area contributed by atoms with Gasteiger partial charge in [-0.1, -0.05) is 23.7 Å². The van der Waals surface area contributed by atoms with Crippen LogP contribution in [0.5, 0.6) is 5.75 Å². The minimum atomic E-state index is -0.374. The van der Waals surface area contributed by atoms with Crippen LogP contribution < -0.4 is 4.74 Å². The van der Waals surface area contributed by atoms with E-state index in [0.717, 1.165) is 17.2 Å². The number of hydrogen-bond donors (Lipinski definition) is 0. The highest BCUT2D eigenvalue weighted by Gasteiger charge is 2.15. The first-order chi connectivity index (χ1) is 12.4. The van der Waals surface area contributed by atoms with E-state index in [1.165, 1.54) is 15.4 Å². The van der Waals surface area contributed by atoms with Crippen LogP contribution in [-0.2, 0) is 0 Å². The number of thioether (sulfide) groups is 1. The maximum atomic E-state index is 11.6. The molecule has 1 amide bonds. The van der Waals surface area contributed by atoms with E-state index in [1.54, 1.807) is 14.1 Å². The predicted octanol–water partition coefficient (Wildman–Crippen LogP) is 5.19. The van der Waals surface area contributed by atoms with Crippen LogP contribution in [-0.4, -0.2) is 49.8 Å². The van der Waals surface area contributed by atoms with Gasteiger partial charge in [0.15, 0.2) is 0 Å². The zero-order chi connectivity index (χ0) is 19.1. The molecule has 0 aliphatic carbocycles. The molecule has 0 saturated heterocycles. The molecule has 0 spiro atoms. The van der Waals surface area contributed by atoms with Crippen molar-refractivity contribution in [3.8, 4) is 5.75 Å². The fourth-order valence-electron chi connectivity index (χ4n) is 2.49. The van der Waals surface area contributed by atoms with Gasteiger partial charge in [-0.05, 0) is 68.2 Å². The summed E-state index contributed by atoms with van der Waals surface area (Å²) in [5.41, 5.74) is 1.20. The van der Waals surface area contributed by atoms with Crippen LogP contribution in [0.1, 0.15) is 18.0 Å². The van der Waals surface area contributed by atoms with Crippen LogP contribution in [0.3, 0.4) is 0 Å². The molecule has 0 heterocycles. The van der Waals surface area contributed by atoms with E-state index >= 15 is 0 Å². The molecule has 140 valence electrons. The summed E-state index contributed by atoms with van der Waals surface area (Å²) in [5.74, 6) is 1.56. The lowest BCUT2D eigenvalue weighted by Gasteiger charge is -2.25. The zero-order valence-corrected chi connectivity index (χ0v) is 17.2. The Morgan fingerprint density at radius 3 is 2.19 bits per heavy atom. The lowest BCUT2D eigenvalue weighted by molar-refractivity contribution is 0.172. The fourth-order valence-corrected chi connectivity index (χ4v) is 3.52. The highest BCUT2D eigenvalue weighted by molar-refractivity contribution is 7.99. The Balaban J connectivity index is 1.95. The van der Waals surface area contributed by atoms with Crippen LogP contribution >= 0.6 is 23.4 Å². The van der Waals surface area contributed by atoms with E-state index in [9.17, 15) is 4.79 Å². The van der Waals surface area contributed by atoms with Gasteiger partial charge in [0, 0.05) is 30.1 Å². The second-order valence-electron chi connectivity index (χ2n) is 6.40. The zero-order valence-electron chi connectivity index (χ0n) is 15.6. The number of amides is 1. The van der Waals surface area contributed by atoms with E-state index in [4.69, 9.17) is 16.3 Å². The number of hydrogen-bond acceptors (Lipinski definition) is 4. The molecule has 0 N–H and O–H groups in total. The summed E-state index contributed by atoms with van der Waals surface area (Å²) in [7, 11) is 7.49. The first kappa shape index (κ1) is 20.6. The minimum absolute atomic E-state index is 0.299. The molecular weight excluding hydrogens is 368 g/mol. The van der Waals surface area contributed by atoms with Gasteiger partial charge in [0.1, 0.15) is 5.75 Å². The lowest BCUT2D eigenvalue weighted by Crippen LogP contribution is -2.25. The third kappa shape index (κ3) is 6.24. The lowest BCUT2D eigenvalue weighted by atomic mass is 10.0. The molecule has 1 atom stereocenters. The number of ether oxygens (including phenoxy) is 1. The number of rotatable bonds is 7. The van der Waals surface area contributed by atoms with Gasteiger partial charge < -0.3 is 14.5 Å². The summed E-state index contributed by atoms with van der Waals surface area (Å²) in [6.07, 6.45) is 0.637. The maximum absolute atomic E-state index is 11.6. The second kappa shape index (κ2) is 9.86. The number of carbonyl (C=O) groups is 1. The van der Waals surface area contributed by atoms with Crippen LogP contribution in [0.4, 0.5) is 4.79 Å². The Bertz CT molecular complexity index is 703. The summed E-state index contributed by atoms with van der Waals surface area (Å²) in [5, 5.41) is 0.760. The van der Waals surface area contributed by atoms with Crippen molar-refractivity contribution >= 4 is 29.5 Å². The molecule has 2 aromatic rings. The molecule has 0 aliphatic rings. The molecule has 0 fully saturated rings. The van der Waals surface area contributed by atoms with Crippen LogP contribution in [0.2, 0.25) is 5.02 Å². The van der Waals surface area contributed by atoms with Crippen molar-refractivity contribution < 1.29 is 9.53 Å². The monoisotopic (exact) mass is 392 g/mol. The summed E-state index contributed by atoms with van der Waals surface area (Å²) in [4.78, 5) is 16.5. The summed E-state index contributed by atoms with van der Waals surface area (Å²) in [6.45, 7) is 0. The van der Waals surface area contributed by atoms with Crippen LogP contribution in [0.25, 0.3) is 0 Å². The fraction of sp³-hybridized carbons (Fsp3) is 0.350. The van der Waals surface area contributed by atoms with Gasteiger partial charge in [-0.15, -0.1) is 11.8 Å². The number of benzene rings is 2. The third-order valence-corrected chi connectivity index (χ3v) is 5.23. The van der Waals surface area contributed by atoms with E-state index in [1.807, 2.05) is 60.3 Å². The van der Waals surface area contributed by atoms with Crippen molar-refractivity contribution in [1.29, 1.82) is 0 Å². The molecule has 0 radical (unpaired) electrons. The summed E-state index contributed by atoms with van der Waals surface area (Å²) in [6, 6.07) is 16.0. The molecule has 26 heavy (non-hydrogen) atoms. The number of halogens is 1. The Hall–Kier alpha value is -1.69. The van der Waals surface area contributed by atoms with Gasteiger partial charge in [-0.25, -0.2) is 4.79 Å². The molecule has 0 aliphatic heterocycles. The first-order valence-corrected chi connectivity index (χ1v) is 9.77. The molecule has 0 bridgehead atoms. The van der Waals surface area contributed by atoms with Crippen LogP contribution in [0.15, 0.2) is 53.4 Å². The van der Waals surface area contributed by atoms with Crippen molar-refractivity contribution in [2.75, 3.05) is 33.9 Å². The van der Waals surface area contributed by atoms with Gasteiger partial charge in [-0.2, -0.15) is 0 Å². The Kier molecular flexibility index (Phi) is 7.82. The van der Waals surface area contributed by atoms with Gasteiger partial charge in [0.25, 0.3) is 0 Å². The van der Waals surface area contributed by atoms with Crippen LogP contribution in [0, 0.1) is 0 Å². The third-order valence-electron chi connectivity index (χ3n) is 3.93. The molecule has 4 nitrogen and oxygen atoms in total.